The van der Waals surface area contributed by atoms with Gasteiger partial charge in [0.05, 0.1) is 0 Å². The average Bonchev–Trinajstić information content (AvgIpc) is 2.30. The summed E-state index contributed by atoms with van der Waals surface area (Å²) >= 11 is 0. The van der Waals surface area contributed by atoms with E-state index in [1.807, 2.05) is 0 Å². The minimum atomic E-state index is -0.421. The lowest BCUT2D eigenvalue weighted by molar-refractivity contribution is 0.773. The summed E-state index contributed by atoms with van der Waals surface area (Å²) in [5, 5.41) is 0. The molecule has 0 saturated carbocycles. The Morgan fingerprint density at radius 1 is 1.00 bits per heavy atom. The van der Waals surface area contributed by atoms with Crippen LogP contribution >= 0.6 is 0 Å². The monoisotopic (exact) mass is 151 g/mol. The lowest BCUT2D eigenvalue weighted by Gasteiger charge is -1.89. The molecule has 56 valence electrons. The molecule has 0 bridgehead atoms. The summed E-state index contributed by atoms with van der Waals surface area (Å²) in [6, 6.07) is 3.35. The topological polar surface area (TPSA) is 58.8 Å². The van der Waals surface area contributed by atoms with Gasteiger partial charge in [0.1, 0.15) is 0 Å². The number of aromatic amines is 1. The molecule has 5 heteroatoms. The second kappa shape index (κ2) is 1.85. The second-order valence-corrected chi connectivity index (χ2v) is 2.11. The Labute approximate surface area is 60.5 Å². The Bertz CT molecular complexity index is 446. The van der Waals surface area contributed by atoms with Crippen molar-refractivity contribution < 1.29 is 0 Å². The summed E-state index contributed by atoms with van der Waals surface area (Å²) in [4.78, 5) is 23.9. The Kier molecular flexibility index (Phi) is 1.00. The molecule has 11 heavy (non-hydrogen) atoms. The molecule has 0 aromatic carbocycles. The molecule has 0 aliphatic carbocycles. The van der Waals surface area contributed by atoms with Gasteiger partial charge in [0, 0.05) is 12.4 Å². The fourth-order valence-electron chi connectivity index (χ4n) is 0.943. The SMILES string of the molecule is O=c1[nH]c(=O)n2ccccn12. The molecular formula is C6H5N3O2. The quantitative estimate of drug-likeness (QED) is 0.529. The molecule has 2 aromatic rings. The fourth-order valence-corrected chi connectivity index (χ4v) is 0.943. The molecule has 0 aliphatic heterocycles. The van der Waals surface area contributed by atoms with Crippen molar-refractivity contribution in [2.75, 3.05) is 0 Å². The van der Waals surface area contributed by atoms with Gasteiger partial charge in [-0.1, -0.05) is 0 Å². The normalized spacial score (nSPS) is 10.5. The van der Waals surface area contributed by atoms with Gasteiger partial charge in [0.15, 0.2) is 0 Å². The van der Waals surface area contributed by atoms with Gasteiger partial charge in [0.2, 0.25) is 0 Å². The third kappa shape index (κ3) is 0.706. The van der Waals surface area contributed by atoms with Gasteiger partial charge < -0.3 is 0 Å². The first kappa shape index (κ1) is 5.96. The number of hydrogen-bond acceptors (Lipinski definition) is 2. The predicted molar refractivity (Wildman–Crippen MR) is 37.7 cm³/mol. The molecular weight excluding hydrogens is 146 g/mol. The largest absolute Gasteiger partial charge is 0.349 e. The van der Waals surface area contributed by atoms with Crippen LogP contribution in [0.3, 0.4) is 0 Å². The Balaban J connectivity index is 3.20. The van der Waals surface area contributed by atoms with E-state index in [9.17, 15) is 9.59 Å². The summed E-state index contributed by atoms with van der Waals surface area (Å²) in [6.45, 7) is 0. The Morgan fingerprint density at radius 3 is 1.91 bits per heavy atom. The Morgan fingerprint density at radius 2 is 1.45 bits per heavy atom. The second-order valence-electron chi connectivity index (χ2n) is 2.11. The van der Waals surface area contributed by atoms with E-state index >= 15 is 0 Å². The van der Waals surface area contributed by atoms with Crippen LogP contribution in [0, 0.1) is 0 Å². The highest BCUT2D eigenvalue weighted by atomic mass is 16.2. The van der Waals surface area contributed by atoms with Crippen molar-refractivity contribution in [2.24, 2.45) is 0 Å². The van der Waals surface area contributed by atoms with Gasteiger partial charge in [-0.3, -0.25) is 4.98 Å². The number of nitrogens with zero attached hydrogens (tertiary/aromatic N) is 2. The van der Waals surface area contributed by atoms with E-state index in [1.165, 1.54) is 21.4 Å². The molecule has 0 spiro atoms. The first-order valence-corrected chi connectivity index (χ1v) is 3.07. The third-order valence-corrected chi connectivity index (χ3v) is 1.43. The van der Waals surface area contributed by atoms with Gasteiger partial charge in [-0.2, -0.15) is 0 Å². The van der Waals surface area contributed by atoms with E-state index in [1.54, 1.807) is 12.1 Å². The average molecular weight is 151 g/mol. The van der Waals surface area contributed by atoms with Crippen LogP contribution in [-0.4, -0.2) is 14.0 Å². The highest BCUT2D eigenvalue weighted by molar-refractivity contribution is 4.88. The van der Waals surface area contributed by atoms with Crippen LogP contribution in [-0.2, 0) is 0 Å². The van der Waals surface area contributed by atoms with Crippen LogP contribution in [0.2, 0.25) is 0 Å². The van der Waals surface area contributed by atoms with Crippen molar-refractivity contribution in [1.82, 2.24) is 14.0 Å². The molecule has 0 radical (unpaired) electrons. The van der Waals surface area contributed by atoms with Crippen molar-refractivity contribution in [3.63, 3.8) is 0 Å². The van der Waals surface area contributed by atoms with E-state index in [4.69, 9.17) is 0 Å². The summed E-state index contributed by atoms with van der Waals surface area (Å²) < 4.78 is 2.39. The minimum absolute atomic E-state index is 0.421. The zero-order valence-corrected chi connectivity index (χ0v) is 5.52. The first-order valence-electron chi connectivity index (χ1n) is 3.07. The lowest BCUT2D eigenvalue weighted by atomic mass is 10.6. The molecule has 0 aliphatic rings. The summed E-state index contributed by atoms with van der Waals surface area (Å²) in [5.41, 5.74) is -0.841. The van der Waals surface area contributed by atoms with Gasteiger partial charge in [0.25, 0.3) is 0 Å². The highest BCUT2D eigenvalue weighted by Crippen LogP contribution is 1.77. The number of H-pyrrole nitrogens is 1. The van der Waals surface area contributed by atoms with Crippen LogP contribution in [0.4, 0.5) is 0 Å². The molecule has 0 saturated heterocycles. The van der Waals surface area contributed by atoms with Gasteiger partial charge in [-0.05, 0) is 12.1 Å². The van der Waals surface area contributed by atoms with E-state index in [0.717, 1.165) is 0 Å². The molecule has 1 N–H and O–H groups in total. The third-order valence-electron chi connectivity index (χ3n) is 1.43. The number of fused-ring (bicyclic) bond motifs is 1. The lowest BCUT2D eigenvalue weighted by Crippen LogP contribution is -2.12. The maximum atomic E-state index is 10.9. The maximum absolute atomic E-state index is 10.9. The van der Waals surface area contributed by atoms with Crippen molar-refractivity contribution in [2.45, 2.75) is 0 Å². The van der Waals surface area contributed by atoms with Crippen LogP contribution in [0.15, 0.2) is 34.1 Å². The molecule has 0 unspecified atom stereocenters. The summed E-state index contributed by atoms with van der Waals surface area (Å²) in [6.07, 6.45) is 3.03. The van der Waals surface area contributed by atoms with E-state index in [-0.39, 0.29) is 0 Å². The minimum Gasteiger partial charge on any atom is -0.256 e. The van der Waals surface area contributed by atoms with E-state index < -0.39 is 11.4 Å². The zero-order chi connectivity index (χ0) is 7.84. The number of aromatic nitrogens is 3. The van der Waals surface area contributed by atoms with Crippen LogP contribution in [0.1, 0.15) is 0 Å². The van der Waals surface area contributed by atoms with Crippen LogP contribution < -0.4 is 11.4 Å². The predicted octanol–water partition coefficient (Wildman–Crippen LogP) is -0.913. The van der Waals surface area contributed by atoms with Gasteiger partial charge >= 0.3 is 11.4 Å². The number of hydrogen-bond donors (Lipinski definition) is 1. The fraction of sp³-hybridized carbons (Fsp3) is 0. The molecule has 2 rings (SSSR count). The standard InChI is InChI=1S/C6H5N3O2/c10-5-7-6(11)9-4-2-1-3-8(5)9/h1-4H,(H,7,10,11). The molecule has 2 aromatic heterocycles. The van der Waals surface area contributed by atoms with Gasteiger partial charge in [-0.15, -0.1) is 0 Å². The molecule has 0 amide bonds. The first-order chi connectivity index (χ1) is 5.29. The van der Waals surface area contributed by atoms with Crippen molar-refractivity contribution in [3.8, 4) is 0 Å². The molecule has 2 heterocycles. The number of nitrogens with one attached hydrogen (secondary N) is 1. The van der Waals surface area contributed by atoms with Crippen LogP contribution in [0.25, 0.3) is 0 Å². The summed E-state index contributed by atoms with van der Waals surface area (Å²) in [5.74, 6) is 0. The highest BCUT2D eigenvalue weighted by Gasteiger charge is 1.96. The molecule has 0 atom stereocenters. The van der Waals surface area contributed by atoms with E-state index in [2.05, 4.69) is 4.98 Å². The van der Waals surface area contributed by atoms with Crippen LogP contribution in [0.5, 0.6) is 0 Å². The van der Waals surface area contributed by atoms with Gasteiger partial charge in [-0.25, -0.2) is 18.6 Å². The summed E-state index contributed by atoms with van der Waals surface area (Å²) in [7, 11) is 0. The smallest absolute Gasteiger partial charge is 0.256 e. The zero-order valence-electron chi connectivity index (χ0n) is 5.52. The molecule has 0 fully saturated rings. The van der Waals surface area contributed by atoms with Crippen molar-refractivity contribution >= 4 is 0 Å². The van der Waals surface area contributed by atoms with Crippen molar-refractivity contribution in [1.29, 1.82) is 0 Å². The number of rotatable bonds is 0. The molecule has 5 nitrogen and oxygen atoms in total. The van der Waals surface area contributed by atoms with E-state index in [0.29, 0.717) is 0 Å². The Hall–Kier alpha value is -1.78. The maximum Gasteiger partial charge on any atom is 0.349 e. The van der Waals surface area contributed by atoms with Crippen molar-refractivity contribution in [3.05, 3.63) is 45.5 Å².